The predicted octanol–water partition coefficient (Wildman–Crippen LogP) is 1.32. The first-order valence-electron chi connectivity index (χ1n) is 6.35. The lowest BCUT2D eigenvalue weighted by molar-refractivity contribution is 0.199. The number of hydrogen-bond donors (Lipinski definition) is 1. The highest BCUT2D eigenvalue weighted by molar-refractivity contribution is 4.91. The van der Waals surface area contributed by atoms with E-state index >= 15 is 0 Å². The van der Waals surface area contributed by atoms with Crippen molar-refractivity contribution in [2.75, 3.05) is 13.7 Å². The lowest BCUT2D eigenvalue weighted by Crippen LogP contribution is -2.30. The first-order valence-corrected chi connectivity index (χ1v) is 6.35. The second-order valence-corrected chi connectivity index (χ2v) is 4.76. The lowest BCUT2D eigenvalue weighted by Gasteiger charge is -2.16. The van der Waals surface area contributed by atoms with Crippen molar-refractivity contribution in [1.29, 1.82) is 0 Å². The molecule has 1 fully saturated rings. The Morgan fingerprint density at radius 3 is 2.94 bits per heavy atom. The Hall–Kier alpha value is -0.940. The molecule has 0 saturated heterocycles. The van der Waals surface area contributed by atoms with Gasteiger partial charge in [-0.25, -0.2) is 0 Å². The van der Waals surface area contributed by atoms with Gasteiger partial charge in [-0.1, -0.05) is 18.0 Å². The van der Waals surface area contributed by atoms with Crippen LogP contribution < -0.4 is 5.73 Å². The van der Waals surface area contributed by atoms with E-state index in [2.05, 4.69) is 10.1 Å². The maximum absolute atomic E-state index is 6.17. The van der Waals surface area contributed by atoms with Gasteiger partial charge in [-0.3, -0.25) is 0 Å². The van der Waals surface area contributed by atoms with Gasteiger partial charge in [-0.2, -0.15) is 4.98 Å². The summed E-state index contributed by atoms with van der Waals surface area (Å²) in [6.45, 7) is 0.619. The molecule has 0 radical (unpaired) electrons. The van der Waals surface area contributed by atoms with Gasteiger partial charge in [0.25, 0.3) is 0 Å². The minimum absolute atomic E-state index is 0.160. The third-order valence-electron chi connectivity index (χ3n) is 3.46. The van der Waals surface area contributed by atoms with E-state index in [4.69, 9.17) is 15.0 Å². The van der Waals surface area contributed by atoms with Gasteiger partial charge < -0.3 is 15.0 Å². The van der Waals surface area contributed by atoms with Crippen molar-refractivity contribution in [2.24, 2.45) is 11.7 Å². The molecule has 1 aromatic heterocycles. The smallest absolute Gasteiger partial charge is 0.228 e. The van der Waals surface area contributed by atoms with Gasteiger partial charge in [-0.05, 0) is 18.8 Å². The average molecular weight is 239 g/mol. The Bertz CT molecular complexity index is 334. The van der Waals surface area contributed by atoms with Gasteiger partial charge in [0.05, 0.1) is 6.61 Å². The minimum atomic E-state index is 0.160. The zero-order valence-electron chi connectivity index (χ0n) is 10.4. The van der Waals surface area contributed by atoms with Gasteiger partial charge in [0.1, 0.15) is 0 Å². The normalized spacial score (nSPS) is 18.7. The summed E-state index contributed by atoms with van der Waals surface area (Å²) in [5, 5.41) is 3.91. The topological polar surface area (TPSA) is 74.2 Å². The molecular formula is C12H21N3O2. The van der Waals surface area contributed by atoms with E-state index in [9.17, 15) is 0 Å². The lowest BCUT2D eigenvalue weighted by atomic mass is 9.96. The van der Waals surface area contributed by atoms with E-state index < -0.39 is 0 Å². The van der Waals surface area contributed by atoms with Crippen LogP contribution >= 0.6 is 0 Å². The highest BCUT2D eigenvalue weighted by Crippen LogP contribution is 2.27. The van der Waals surface area contributed by atoms with E-state index in [0.717, 1.165) is 0 Å². The Morgan fingerprint density at radius 2 is 2.24 bits per heavy atom. The van der Waals surface area contributed by atoms with Crippen molar-refractivity contribution in [2.45, 2.75) is 44.6 Å². The SMILES string of the molecule is COCCc1noc(CC(N)C2CCCC2)n1. The van der Waals surface area contributed by atoms with Crippen LogP contribution in [0.4, 0.5) is 0 Å². The number of nitrogens with zero attached hydrogens (tertiary/aromatic N) is 2. The standard InChI is InChI=1S/C12H21N3O2/c1-16-7-6-11-14-12(17-15-11)8-10(13)9-4-2-3-5-9/h9-10H,2-8,13H2,1H3. The van der Waals surface area contributed by atoms with Crippen molar-refractivity contribution < 1.29 is 9.26 Å². The van der Waals surface area contributed by atoms with Crippen LogP contribution in [0, 0.1) is 5.92 Å². The molecule has 1 atom stereocenters. The summed E-state index contributed by atoms with van der Waals surface area (Å²) < 4.78 is 10.2. The Morgan fingerprint density at radius 1 is 1.47 bits per heavy atom. The second kappa shape index (κ2) is 6.12. The second-order valence-electron chi connectivity index (χ2n) is 4.76. The summed E-state index contributed by atoms with van der Waals surface area (Å²) in [5.41, 5.74) is 6.17. The first-order chi connectivity index (χ1) is 8.29. The summed E-state index contributed by atoms with van der Waals surface area (Å²) >= 11 is 0. The molecule has 96 valence electrons. The van der Waals surface area contributed by atoms with Crippen LogP contribution in [-0.2, 0) is 17.6 Å². The molecule has 5 heteroatoms. The number of aromatic nitrogens is 2. The van der Waals surface area contributed by atoms with Gasteiger partial charge >= 0.3 is 0 Å². The number of hydrogen-bond acceptors (Lipinski definition) is 5. The predicted molar refractivity (Wildman–Crippen MR) is 63.5 cm³/mol. The molecule has 1 saturated carbocycles. The molecule has 1 aliphatic rings. The molecule has 1 heterocycles. The van der Waals surface area contributed by atoms with Crippen molar-refractivity contribution in [1.82, 2.24) is 10.1 Å². The molecule has 1 aliphatic carbocycles. The quantitative estimate of drug-likeness (QED) is 0.810. The van der Waals surface area contributed by atoms with Crippen LogP contribution in [0.5, 0.6) is 0 Å². The minimum Gasteiger partial charge on any atom is -0.384 e. The van der Waals surface area contributed by atoms with Crippen molar-refractivity contribution in [3.8, 4) is 0 Å². The third-order valence-corrected chi connectivity index (χ3v) is 3.46. The van der Waals surface area contributed by atoms with E-state index in [1.165, 1.54) is 25.7 Å². The highest BCUT2D eigenvalue weighted by Gasteiger charge is 2.23. The van der Waals surface area contributed by atoms with Gasteiger partial charge in [0, 0.05) is 26.0 Å². The molecule has 1 aromatic rings. The van der Waals surface area contributed by atoms with Crippen molar-refractivity contribution >= 4 is 0 Å². The Labute approximate surface area is 102 Å². The summed E-state index contributed by atoms with van der Waals surface area (Å²) in [7, 11) is 1.66. The maximum Gasteiger partial charge on any atom is 0.228 e. The van der Waals surface area contributed by atoms with Crippen LogP contribution in [0.25, 0.3) is 0 Å². The average Bonchev–Trinajstić information content (AvgIpc) is 2.97. The van der Waals surface area contributed by atoms with E-state index in [1.807, 2.05) is 0 Å². The summed E-state index contributed by atoms with van der Waals surface area (Å²) in [6.07, 6.45) is 6.49. The molecule has 5 nitrogen and oxygen atoms in total. The van der Waals surface area contributed by atoms with Crippen molar-refractivity contribution in [3.05, 3.63) is 11.7 Å². The van der Waals surface area contributed by atoms with Gasteiger partial charge in [0.2, 0.25) is 5.89 Å². The van der Waals surface area contributed by atoms with Crippen LogP contribution in [0.1, 0.15) is 37.4 Å². The molecule has 0 aromatic carbocycles. The fourth-order valence-corrected chi connectivity index (χ4v) is 2.42. The Balaban J connectivity index is 1.83. The molecule has 0 bridgehead atoms. The molecule has 1 unspecified atom stereocenters. The van der Waals surface area contributed by atoms with E-state index in [-0.39, 0.29) is 6.04 Å². The largest absolute Gasteiger partial charge is 0.384 e. The van der Waals surface area contributed by atoms with Crippen molar-refractivity contribution in [3.63, 3.8) is 0 Å². The zero-order valence-corrected chi connectivity index (χ0v) is 10.4. The molecule has 0 spiro atoms. The number of methoxy groups -OCH3 is 1. The molecule has 0 aliphatic heterocycles. The van der Waals surface area contributed by atoms with Crippen LogP contribution in [0.15, 0.2) is 4.52 Å². The fraction of sp³-hybridized carbons (Fsp3) is 0.833. The third kappa shape index (κ3) is 3.51. The molecular weight excluding hydrogens is 218 g/mol. The highest BCUT2D eigenvalue weighted by atomic mass is 16.5. The van der Waals surface area contributed by atoms with Gasteiger partial charge in [0.15, 0.2) is 5.82 Å². The first kappa shape index (κ1) is 12.5. The Kier molecular flexibility index (Phi) is 4.50. The fourth-order valence-electron chi connectivity index (χ4n) is 2.42. The number of nitrogens with two attached hydrogens (primary N) is 1. The molecule has 2 rings (SSSR count). The van der Waals surface area contributed by atoms with Crippen LogP contribution in [0.3, 0.4) is 0 Å². The van der Waals surface area contributed by atoms with E-state index in [0.29, 0.717) is 37.1 Å². The number of ether oxygens (including phenoxy) is 1. The zero-order chi connectivity index (χ0) is 12.1. The molecule has 2 N–H and O–H groups in total. The summed E-state index contributed by atoms with van der Waals surface area (Å²) in [6, 6.07) is 0.160. The van der Waals surface area contributed by atoms with Crippen LogP contribution in [-0.4, -0.2) is 29.9 Å². The molecule has 17 heavy (non-hydrogen) atoms. The van der Waals surface area contributed by atoms with Crippen LogP contribution in [0.2, 0.25) is 0 Å². The number of rotatable bonds is 6. The summed E-state index contributed by atoms with van der Waals surface area (Å²) in [4.78, 5) is 4.32. The summed E-state index contributed by atoms with van der Waals surface area (Å²) in [5.74, 6) is 2.00. The van der Waals surface area contributed by atoms with E-state index in [1.54, 1.807) is 7.11 Å². The van der Waals surface area contributed by atoms with Gasteiger partial charge in [-0.15, -0.1) is 0 Å². The maximum atomic E-state index is 6.17. The molecule has 0 amide bonds. The monoisotopic (exact) mass is 239 g/mol.